The summed E-state index contributed by atoms with van der Waals surface area (Å²) in [5.41, 5.74) is 5.17. The van der Waals surface area contributed by atoms with Gasteiger partial charge in [-0.05, 0) is 37.6 Å². The zero-order valence-corrected chi connectivity index (χ0v) is 30.4. The SMILES string of the molecule is CCOCCOCCOCCNC(=O)CCCCC(=O)N1Cc2ccccc2-c2c(nnn2CCOCCOCCOCCC=N)-c2ccccc21. The largest absolute Gasteiger partial charge is 0.379 e. The number of benzene rings is 2. The van der Waals surface area contributed by atoms with Crippen LogP contribution < -0.4 is 10.2 Å². The maximum absolute atomic E-state index is 13.8. The molecule has 52 heavy (non-hydrogen) atoms. The van der Waals surface area contributed by atoms with Gasteiger partial charge in [-0.2, -0.15) is 0 Å². The van der Waals surface area contributed by atoms with Gasteiger partial charge in [0, 0.05) is 43.5 Å². The fourth-order valence-corrected chi connectivity index (χ4v) is 5.66. The molecule has 2 heterocycles. The van der Waals surface area contributed by atoms with Crippen molar-refractivity contribution in [3.8, 4) is 22.5 Å². The fraction of sp³-hybridized carbons (Fsp3) is 0.553. The second kappa shape index (κ2) is 24.2. The topological polar surface area (TPSA) is 159 Å². The molecule has 0 atom stereocenters. The lowest BCUT2D eigenvalue weighted by Crippen LogP contribution is -2.32. The lowest BCUT2D eigenvalue weighted by atomic mass is 9.95. The monoisotopic (exact) mass is 722 g/mol. The molecular formula is C38H54N6O8. The molecule has 0 saturated carbocycles. The Bertz CT molecular complexity index is 1500. The van der Waals surface area contributed by atoms with Crippen molar-refractivity contribution < 1.29 is 38.0 Å². The van der Waals surface area contributed by atoms with E-state index < -0.39 is 0 Å². The minimum absolute atomic E-state index is 0.0103. The standard InChI is InChI=1S/C38H54N6O8/c1-2-47-22-23-51-28-25-49-20-17-40-35(45)14-7-8-15-36(46)43-30-31-10-3-4-11-32(31)38-37(33-12-5-6-13-34(33)43)41-42-44(38)18-21-50-26-29-52-27-24-48-19-9-16-39/h3-6,10-13,16,39H,2,7-9,14-15,17-30H2,1H3,(H,40,45). The van der Waals surface area contributed by atoms with Crippen LogP contribution in [0, 0.1) is 5.41 Å². The summed E-state index contributed by atoms with van der Waals surface area (Å²) >= 11 is 0. The third kappa shape index (κ3) is 13.5. The van der Waals surface area contributed by atoms with Crippen molar-refractivity contribution in [3.63, 3.8) is 0 Å². The lowest BCUT2D eigenvalue weighted by molar-refractivity contribution is -0.122. The van der Waals surface area contributed by atoms with Crippen molar-refractivity contribution in [3.05, 3.63) is 54.1 Å². The number of para-hydroxylation sites is 1. The number of hydrogen-bond donors (Lipinski definition) is 2. The van der Waals surface area contributed by atoms with Crippen molar-refractivity contribution in [2.75, 3.05) is 90.7 Å². The van der Waals surface area contributed by atoms with Gasteiger partial charge in [0.05, 0.1) is 97.1 Å². The highest BCUT2D eigenvalue weighted by Crippen LogP contribution is 2.41. The fourth-order valence-electron chi connectivity index (χ4n) is 5.66. The van der Waals surface area contributed by atoms with Gasteiger partial charge in [-0.1, -0.05) is 47.7 Å². The van der Waals surface area contributed by atoms with Crippen molar-refractivity contribution in [1.82, 2.24) is 20.3 Å². The number of anilines is 1. The summed E-state index contributed by atoms with van der Waals surface area (Å²) < 4.78 is 34.8. The molecule has 14 nitrogen and oxygen atoms in total. The Hall–Kier alpha value is -4.05. The Balaban J connectivity index is 1.26. The van der Waals surface area contributed by atoms with E-state index in [1.54, 1.807) is 0 Å². The average molecular weight is 723 g/mol. The summed E-state index contributed by atoms with van der Waals surface area (Å²) in [6.45, 7) is 9.26. The number of unbranched alkanes of at least 4 members (excludes halogenated alkanes) is 1. The molecule has 1 aliphatic heterocycles. The Morgan fingerprint density at radius 2 is 1.38 bits per heavy atom. The summed E-state index contributed by atoms with van der Waals surface area (Å²) in [4.78, 5) is 28.0. The predicted octanol–water partition coefficient (Wildman–Crippen LogP) is 4.29. The van der Waals surface area contributed by atoms with Crippen LogP contribution in [-0.4, -0.2) is 119 Å². The Labute approximate surface area is 306 Å². The minimum atomic E-state index is -0.0546. The summed E-state index contributed by atoms with van der Waals surface area (Å²) in [5, 5.41) is 19.0. The van der Waals surface area contributed by atoms with Crippen LogP contribution in [0.25, 0.3) is 22.5 Å². The van der Waals surface area contributed by atoms with Crippen molar-refractivity contribution in [2.45, 2.75) is 52.1 Å². The van der Waals surface area contributed by atoms with Gasteiger partial charge >= 0.3 is 0 Å². The molecule has 2 amide bonds. The van der Waals surface area contributed by atoms with E-state index in [1.807, 2.05) is 65.0 Å². The Kier molecular flexibility index (Phi) is 19.0. The van der Waals surface area contributed by atoms with Crippen molar-refractivity contribution >= 4 is 23.7 Å². The van der Waals surface area contributed by atoms with Crippen LogP contribution in [0.4, 0.5) is 5.69 Å². The van der Waals surface area contributed by atoms with Crippen LogP contribution in [0.2, 0.25) is 0 Å². The highest BCUT2D eigenvalue weighted by Gasteiger charge is 2.28. The number of nitrogens with one attached hydrogen (secondary N) is 2. The maximum Gasteiger partial charge on any atom is 0.227 e. The number of ether oxygens (including phenoxy) is 6. The number of aromatic nitrogens is 3. The molecule has 284 valence electrons. The number of fused-ring (bicyclic) bond motifs is 5. The maximum atomic E-state index is 13.8. The van der Waals surface area contributed by atoms with Crippen molar-refractivity contribution in [1.29, 1.82) is 5.41 Å². The predicted molar refractivity (Wildman–Crippen MR) is 198 cm³/mol. The third-order valence-corrected chi connectivity index (χ3v) is 8.25. The van der Waals surface area contributed by atoms with E-state index in [1.165, 1.54) is 6.21 Å². The third-order valence-electron chi connectivity index (χ3n) is 8.25. The molecule has 0 unspecified atom stereocenters. The van der Waals surface area contributed by atoms with Crippen LogP contribution in [0.15, 0.2) is 48.5 Å². The smallest absolute Gasteiger partial charge is 0.227 e. The van der Waals surface area contributed by atoms with Crippen LogP contribution in [-0.2, 0) is 51.1 Å². The van der Waals surface area contributed by atoms with Crippen LogP contribution in [0.3, 0.4) is 0 Å². The van der Waals surface area contributed by atoms with Gasteiger partial charge in [0.1, 0.15) is 5.69 Å². The summed E-state index contributed by atoms with van der Waals surface area (Å²) in [7, 11) is 0. The molecule has 0 fully saturated rings. The first-order chi connectivity index (χ1) is 25.6. The summed E-state index contributed by atoms with van der Waals surface area (Å²) in [5.74, 6) is -0.0648. The van der Waals surface area contributed by atoms with Gasteiger partial charge in [0.25, 0.3) is 0 Å². The van der Waals surface area contributed by atoms with E-state index >= 15 is 0 Å². The number of carbonyl (C=O) groups excluding carboxylic acids is 2. The molecule has 2 aromatic carbocycles. The molecule has 14 heteroatoms. The highest BCUT2D eigenvalue weighted by atomic mass is 16.5. The van der Waals surface area contributed by atoms with E-state index in [2.05, 4.69) is 15.6 Å². The van der Waals surface area contributed by atoms with E-state index in [4.69, 9.17) is 33.8 Å². The number of hydrogen-bond acceptors (Lipinski definition) is 11. The first-order valence-electron chi connectivity index (χ1n) is 18.3. The van der Waals surface area contributed by atoms with E-state index in [0.29, 0.717) is 137 Å². The van der Waals surface area contributed by atoms with E-state index in [-0.39, 0.29) is 11.8 Å². The molecule has 0 saturated heterocycles. The van der Waals surface area contributed by atoms with Gasteiger partial charge in [0.2, 0.25) is 11.8 Å². The molecule has 1 aliphatic rings. The van der Waals surface area contributed by atoms with Crippen LogP contribution in [0.5, 0.6) is 0 Å². The zero-order chi connectivity index (χ0) is 36.6. The van der Waals surface area contributed by atoms with Gasteiger partial charge in [-0.15, -0.1) is 5.10 Å². The Morgan fingerprint density at radius 1 is 0.769 bits per heavy atom. The second-order valence-electron chi connectivity index (χ2n) is 12.0. The molecule has 2 N–H and O–H groups in total. The number of rotatable bonds is 27. The average Bonchev–Trinajstić information content (AvgIpc) is 3.57. The van der Waals surface area contributed by atoms with Crippen LogP contribution in [0.1, 0.15) is 44.6 Å². The zero-order valence-electron chi connectivity index (χ0n) is 30.4. The van der Waals surface area contributed by atoms with E-state index in [0.717, 1.165) is 28.1 Å². The van der Waals surface area contributed by atoms with Gasteiger partial charge in [0.15, 0.2) is 0 Å². The second-order valence-corrected chi connectivity index (χ2v) is 12.0. The lowest BCUT2D eigenvalue weighted by Gasteiger charge is -2.28. The van der Waals surface area contributed by atoms with Crippen LogP contribution >= 0.6 is 0 Å². The number of carbonyl (C=O) groups is 2. The van der Waals surface area contributed by atoms with Gasteiger partial charge in [-0.25, -0.2) is 4.68 Å². The molecular weight excluding hydrogens is 668 g/mol. The highest BCUT2D eigenvalue weighted by molar-refractivity contribution is 6.00. The molecule has 1 aromatic heterocycles. The van der Waals surface area contributed by atoms with Crippen molar-refractivity contribution in [2.24, 2.45) is 0 Å². The number of amides is 2. The molecule has 0 spiro atoms. The molecule has 0 radical (unpaired) electrons. The molecule has 0 aliphatic carbocycles. The number of nitrogens with zero attached hydrogens (tertiary/aromatic N) is 4. The Morgan fingerprint density at radius 3 is 2.12 bits per heavy atom. The summed E-state index contributed by atoms with van der Waals surface area (Å²) in [6, 6.07) is 15.9. The molecule has 3 aromatic rings. The molecule has 4 rings (SSSR count). The quantitative estimate of drug-likeness (QED) is 0.0859. The van der Waals surface area contributed by atoms with Gasteiger partial charge < -0.3 is 44.0 Å². The summed E-state index contributed by atoms with van der Waals surface area (Å²) in [6.07, 6.45) is 3.79. The first kappa shape index (κ1) is 40.7. The van der Waals surface area contributed by atoms with Gasteiger partial charge in [-0.3, -0.25) is 9.59 Å². The normalized spacial score (nSPS) is 12.1. The first-order valence-corrected chi connectivity index (χ1v) is 18.3. The molecule has 0 bridgehead atoms. The minimum Gasteiger partial charge on any atom is -0.379 e. The van der Waals surface area contributed by atoms with E-state index in [9.17, 15) is 9.59 Å².